The number of likely N-dealkylation sites (tertiary alicyclic amines) is 1. The Labute approximate surface area is 199 Å². The molecule has 0 bridgehead atoms. The maximum Gasteiger partial charge on any atom is 0.170 e. The fraction of sp³-hybridized carbons (Fsp3) is 0.440. The van der Waals surface area contributed by atoms with Gasteiger partial charge >= 0.3 is 0 Å². The number of piperidine rings is 2. The molecule has 2 fully saturated rings. The summed E-state index contributed by atoms with van der Waals surface area (Å²) in [6.07, 6.45) is 6.50. The van der Waals surface area contributed by atoms with E-state index < -0.39 is 0 Å². The van der Waals surface area contributed by atoms with Crippen molar-refractivity contribution in [2.45, 2.75) is 44.7 Å². The minimum atomic E-state index is 0.445. The number of halogens is 2. The summed E-state index contributed by atoms with van der Waals surface area (Å²) in [6.45, 7) is 5.15. The van der Waals surface area contributed by atoms with E-state index in [1.807, 2.05) is 22.9 Å². The van der Waals surface area contributed by atoms with Gasteiger partial charge in [0.2, 0.25) is 0 Å². The Hall–Kier alpha value is -2.26. The molecule has 3 aromatic rings. The van der Waals surface area contributed by atoms with E-state index in [9.17, 15) is 5.26 Å². The second kappa shape index (κ2) is 9.31. The molecular weight excluding hydrogens is 441 g/mol. The number of nitrogens with zero attached hydrogens (tertiary/aromatic N) is 5. The van der Waals surface area contributed by atoms with Gasteiger partial charge in [-0.05, 0) is 74.7 Å². The van der Waals surface area contributed by atoms with Crippen molar-refractivity contribution in [3.05, 3.63) is 57.7 Å². The molecule has 3 heterocycles. The standard InChI is InChI=1S/C25H27Cl2N5/c26-19-5-4-18(23(27)14-19)17-32-25-15-21(6-7-22(25)24(16-28)29-32)31-12-8-20(9-13-31)30-10-2-1-3-11-30/h4-7,14-15,20H,1-3,8-13,17H2. The molecule has 0 N–H and O–H groups in total. The second-order valence-electron chi connectivity index (χ2n) is 8.87. The molecule has 2 aromatic carbocycles. The van der Waals surface area contributed by atoms with Crippen LogP contribution in [0.5, 0.6) is 0 Å². The maximum atomic E-state index is 9.59. The number of rotatable bonds is 4. The van der Waals surface area contributed by atoms with Crippen molar-refractivity contribution in [2.75, 3.05) is 31.1 Å². The fourth-order valence-corrected chi connectivity index (χ4v) is 5.61. The molecule has 166 valence electrons. The minimum Gasteiger partial charge on any atom is -0.371 e. The third-order valence-corrected chi connectivity index (χ3v) is 7.50. The molecule has 0 saturated carbocycles. The number of benzene rings is 2. The lowest BCUT2D eigenvalue weighted by atomic mass is 9.99. The number of hydrogen-bond acceptors (Lipinski definition) is 4. The monoisotopic (exact) mass is 467 g/mol. The van der Waals surface area contributed by atoms with E-state index >= 15 is 0 Å². The quantitative estimate of drug-likeness (QED) is 0.492. The van der Waals surface area contributed by atoms with E-state index in [4.69, 9.17) is 23.2 Å². The Morgan fingerprint density at radius 2 is 1.75 bits per heavy atom. The number of nitriles is 1. The van der Waals surface area contributed by atoms with E-state index in [0.717, 1.165) is 35.6 Å². The van der Waals surface area contributed by atoms with Gasteiger partial charge in [-0.15, -0.1) is 0 Å². The van der Waals surface area contributed by atoms with Crippen molar-refractivity contribution in [1.82, 2.24) is 14.7 Å². The summed E-state index contributed by atoms with van der Waals surface area (Å²) in [5.41, 5.74) is 3.53. The van der Waals surface area contributed by atoms with Gasteiger partial charge in [-0.2, -0.15) is 10.4 Å². The van der Waals surface area contributed by atoms with Crippen molar-refractivity contribution in [2.24, 2.45) is 0 Å². The lowest BCUT2D eigenvalue weighted by Gasteiger charge is -2.41. The SMILES string of the molecule is N#Cc1nn(Cc2ccc(Cl)cc2Cl)c2cc(N3CCC(N4CCCCC4)CC3)ccc12. The highest BCUT2D eigenvalue weighted by Crippen LogP contribution is 2.30. The molecule has 0 spiro atoms. The van der Waals surface area contributed by atoms with Gasteiger partial charge < -0.3 is 9.80 Å². The van der Waals surface area contributed by atoms with Gasteiger partial charge in [-0.3, -0.25) is 4.68 Å². The zero-order valence-corrected chi connectivity index (χ0v) is 19.6. The summed E-state index contributed by atoms with van der Waals surface area (Å²) in [5, 5.41) is 16.3. The molecule has 0 radical (unpaired) electrons. The molecule has 2 aliphatic rings. The summed E-state index contributed by atoms with van der Waals surface area (Å²) in [6, 6.07) is 14.8. The van der Waals surface area contributed by atoms with Gasteiger partial charge in [0.1, 0.15) is 6.07 Å². The van der Waals surface area contributed by atoms with E-state index in [2.05, 4.69) is 33.1 Å². The van der Waals surface area contributed by atoms with Crippen molar-refractivity contribution in [3.63, 3.8) is 0 Å². The Morgan fingerprint density at radius 3 is 2.47 bits per heavy atom. The molecule has 0 aliphatic carbocycles. The molecule has 5 rings (SSSR count). The van der Waals surface area contributed by atoms with E-state index in [0.29, 0.717) is 22.3 Å². The highest BCUT2D eigenvalue weighted by atomic mass is 35.5. The predicted molar refractivity (Wildman–Crippen MR) is 131 cm³/mol. The molecule has 5 nitrogen and oxygen atoms in total. The Balaban J connectivity index is 1.38. The van der Waals surface area contributed by atoms with Crippen LogP contribution in [-0.4, -0.2) is 46.9 Å². The summed E-state index contributed by atoms with van der Waals surface area (Å²) >= 11 is 12.4. The van der Waals surface area contributed by atoms with Crippen LogP contribution in [-0.2, 0) is 6.54 Å². The molecule has 2 saturated heterocycles. The van der Waals surface area contributed by atoms with E-state index in [-0.39, 0.29) is 0 Å². The van der Waals surface area contributed by atoms with Gasteiger partial charge in [0, 0.05) is 40.3 Å². The maximum absolute atomic E-state index is 9.59. The van der Waals surface area contributed by atoms with E-state index in [1.54, 1.807) is 6.07 Å². The molecule has 7 heteroatoms. The number of hydrogen-bond donors (Lipinski definition) is 0. The molecule has 2 aliphatic heterocycles. The molecule has 32 heavy (non-hydrogen) atoms. The Kier molecular flexibility index (Phi) is 6.28. The first kappa shape index (κ1) is 21.6. The van der Waals surface area contributed by atoms with Crippen LogP contribution in [0.2, 0.25) is 10.0 Å². The lowest BCUT2D eigenvalue weighted by Crippen LogP contribution is -2.46. The third-order valence-electron chi connectivity index (χ3n) is 6.91. The van der Waals surface area contributed by atoms with Crippen LogP contribution in [0.1, 0.15) is 43.4 Å². The molecule has 0 unspecified atom stereocenters. The third kappa shape index (κ3) is 4.32. The largest absolute Gasteiger partial charge is 0.371 e. The molecule has 0 atom stereocenters. The highest BCUT2D eigenvalue weighted by molar-refractivity contribution is 6.35. The van der Waals surface area contributed by atoms with Crippen LogP contribution in [0.25, 0.3) is 10.9 Å². The average Bonchev–Trinajstić information content (AvgIpc) is 3.18. The second-order valence-corrected chi connectivity index (χ2v) is 9.71. The van der Waals surface area contributed by atoms with Gasteiger partial charge in [-0.1, -0.05) is 35.7 Å². The predicted octanol–water partition coefficient (Wildman–Crippen LogP) is 5.72. The molecular formula is C25H27Cl2N5. The van der Waals surface area contributed by atoms with Gasteiger partial charge in [0.05, 0.1) is 12.1 Å². The smallest absolute Gasteiger partial charge is 0.170 e. The normalized spacial score (nSPS) is 18.2. The van der Waals surface area contributed by atoms with Gasteiger partial charge in [-0.25, -0.2) is 0 Å². The highest BCUT2D eigenvalue weighted by Gasteiger charge is 2.26. The van der Waals surface area contributed by atoms with E-state index in [1.165, 1.54) is 50.9 Å². The van der Waals surface area contributed by atoms with Crippen LogP contribution >= 0.6 is 23.2 Å². The van der Waals surface area contributed by atoms with Crippen LogP contribution in [0, 0.1) is 11.3 Å². The van der Waals surface area contributed by atoms with Crippen molar-refractivity contribution < 1.29 is 0 Å². The van der Waals surface area contributed by atoms with Gasteiger partial charge in [0.15, 0.2) is 5.69 Å². The van der Waals surface area contributed by atoms with Crippen molar-refractivity contribution >= 4 is 39.8 Å². The average molecular weight is 468 g/mol. The summed E-state index contributed by atoms with van der Waals surface area (Å²) in [5.74, 6) is 0. The Bertz CT molecular complexity index is 1150. The first-order valence-corrected chi connectivity index (χ1v) is 12.2. The van der Waals surface area contributed by atoms with Crippen molar-refractivity contribution in [1.29, 1.82) is 5.26 Å². The molecule has 0 amide bonds. The summed E-state index contributed by atoms with van der Waals surface area (Å²) in [7, 11) is 0. The zero-order valence-electron chi connectivity index (χ0n) is 18.1. The van der Waals surface area contributed by atoms with Crippen LogP contribution in [0.15, 0.2) is 36.4 Å². The van der Waals surface area contributed by atoms with Crippen LogP contribution < -0.4 is 4.90 Å². The van der Waals surface area contributed by atoms with Gasteiger partial charge in [0.25, 0.3) is 0 Å². The number of anilines is 1. The van der Waals surface area contributed by atoms with Crippen LogP contribution in [0.3, 0.4) is 0 Å². The first-order chi connectivity index (χ1) is 15.6. The Morgan fingerprint density at radius 1 is 0.969 bits per heavy atom. The number of aromatic nitrogens is 2. The fourth-order valence-electron chi connectivity index (χ4n) is 5.15. The lowest BCUT2D eigenvalue weighted by molar-refractivity contribution is 0.141. The summed E-state index contributed by atoms with van der Waals surface area (Å²) in [4.78, 5) is 5.17. The minimum absolute atomic E-state index is 0.445. The first-order valence-electron chi connectivity index (χ1n) is 11.5. The summed E-state index contributed by atoms with van der Waals surface area (Å²) < 4.78 is 1.88. The topological polar surface area (TPSA) is 48.1 Å². The zero-order chi connectivity index (χ0) is 22.1. The molecule has 1 aromatic heterocycles. The number of fused-ring (bicyclic) bond motifs is 1. The van der Waals surface area contributed by atoms with Crippen LogP contribution in [0.4, 0.5) is 5.69 Å². The van der Waals surface area contributed by atoms with Crippen molar-refractivity contribution in [3.8, 4) is 6.07 Å².